The third-order valence-electron chi connectivity index (χ3n) is 2.18. The zero-order valence-corrected chi connectivity index (χ0v) is 11.2. The molecule has 0 aromatic rings. The number of rotatable bonds is 2. The van der Waals surface area contributed by atoms with Gasteiger partial charge in [-0.15, -0.1) is 7.77 Å². The van der Waals surface area contributed by atoms with Crippen molar-refractivity contribution < 1.29 is 29.5 Å². The average Bonchev–Trinajstić information content (AvgIpc) is 1.96. The first-order valence-electron chi connectivity index (χ1n) is 4.94. The van der Waals surface area contributed by atoms with Crippen molar-refractivity contribution in [2.45, 2.75) is 19.8 Å². The zero-order chi connectivity index (χ0) is 13.7. The molecule has 10 heteroatoms. The van der Waals surface area contributed by atoms with E-state index < -0.39 is 20.8 Å². The Labute approximate surface area is 101 Å². The Morgan fingerprint density at radius 2 is 1.65 bits per heavy atom. The Morgan fingerprint density at radius 3 is 1.82 bits per heavy atom. The van der Waals surface area contributed by atoms with E-state index in [1.807, 2.05) is 0 Å². The average molecular weight is 294 g/mol. The van der Waals surface area contributed by atoms with Gasteiger partial charge in [-0.25, -0.2) is 16.8 Å². The molecular weight excluding hydrogens is 278 g/mol. The molecule has 2 unspecified atom stereocenters. The summed E-state index contributed by atoms with van der Waals surface area (Å²) in [6.07, 6.45) is 2.89. The summed E-state index contributed by atoms with van der Waals surface area (Å²) in [5.74, 6) is 0.976. The fourth-order valence-electron chi connectivity index (χ4n) is 1.66. The van der Waals surface area contributed by atoms with E-state index in [9.17, 15) is 24.6 Å². The first kappa shape index (κ1) is 16.7. The molecule has 0 spiro atoms. The summed E-state index contributed by atoms with van der Waals surface area (Å²) in [4.78, 5) is 1.71. The molecule has 0 aromatic heterocycles. The second-order valence-electron chi connectivity index (χ2n) is 4.06. The van der Waals surface area contributed by atoms with Crippen LogP contribution in [0.5, 0.6) is 0 Å². The normalized spacial score (nSPS) is 25.9. The van der Waals surface area contributed by atoms with E-state index in [1.165, 1.54) is 25.9 Å². The Kier molecular flexibility index (Phi) is 6.45. The molecule has 1 N–H and O–H groups in total. The minimum atomic E-state index is -5.62. The molecule has 0 radical (unpaired) electrons. The van der Waals surface area contributed by atoms with Crippen LogP contribution in [0.2, 0.25) is 0 Å². The number of likely N-dealkylation sites (tertiary alicyclic amines) is 1. The molecule has 1 fully saturated rings. The highest BCUT2D eigenvalue weighted by Crippen LogP contribution is 2.11. The number of hydrogen-bond donors (Lipinski definition) is 1. The first-order valence-corrected chi connectivity index (χ1v) is 7.62. The van der Waals surface area contributed by atoms with Crippen LogP contribution in [0, 0.1) is 5.92 Å². The lowest BCUT2D eigenvalue weighted by Gasteiger charge is -2.23. The highest BCUT2D eigenvalue weighted by atomic mass is 32.3. The van der Waals surface area contributed by atoms with Gasteiger partial charge in [0, 0.05) is 5.92 Å². The number of quaternary nitrogens is 1. The minimum Gasteiger partial charge on any atom is -0.379 e. The molecule has 104 valence electrons. The highest BCUT2D eigenvalue weighted by Gasteiger charge is 2.14. The van der Waals surface area contributed by atoms with Gasteiger partial charge in [-0.1, -0.05) is 6.92 Å². The molecule has 6 nitrogen and oxygen atoms in total. The standard InChI is InChI=1S/C7H15N.F2NO4S2/c1-7-4-3-5-8(2)6-7;1-8(4,5)3-9(2,6)7/h7H,3-6H2,1-2H3;/q;-1/p+1. The van der Waals surface area contributed by atoms with E-state index in [0.29, 0.717) is 0 Å². The Bertz CT molecular complexity index is 385. The molecule has 2 atom stereocenters. The predicted octanol–water partition coefficient (Wildman–Crippen LogP) is -0.280. The Hall–Kier alpha value is -0.320. The van der Waals surface area contributed by atoms with Gasteiger partial charge in [0.1, 0.15) is 0 Å². The minimum absolute atomic E-state index is 0.976. The van der Waals surface area contributed by atoms with Crippen LogP contribution in [0.4, 0.5) is 7.77 Å². The van der Waals surface area contributed by atoms with Gasteiger partial charge < -0.3 is 9.03 Å². The van der Waals surface area contributed by atoms with Crippen molar-refractivity contribution in [1.82, 2.24) is 0 Å². The van der Waals surface area contributed by atoms with Gasteiger partial charge in [0.05, 0.1) is 20.1 Å². The SMILES string of the molecule is CC1CCC[NH+](C)C1.O=S(=O)(F)[N-]S(=O)(=O)F. The van der Waals surface area contributed by atoms with Crippen LogP contribution in [0.15, 0.2) is 0 Å². The van der Waals surface area contributed by atoms with Crippen LogP contribution in [-0.4, -0.2) is 37.0 Å². The van der Waals surface area contributed by atoms with Gasteiger partial charge >= 0.3 is 0 Å². The maximum absolute atomic E-state index is 11.1. The molecule has 1 rings (SSSR count). The van der Waals surface area contributed by atoms with E-state index in [0.717, 1.165) is 10.0 Å². The molecule has 0 saturated carbocycles. The molecule has 1 aliphatic rings. The van der Waals surface area contributed by atoms with E-state index in [4.69, 9.17) is 0 Å². The fourth-order valence-corrected chi connectivity index (χ4v) is 2.51. The van der Waals surface area contributed by atoms with Crippen molar-refractivity contribution in [3.05, 3.63) is 4.13 Å². The second kappa shape index (κ2) is 6.57. The molecule has 0 aromatic carbocycles. The lowest BCUT2D eigenvalue weighted by molar-refractivity contribution is -0.888. The monoisotopic (exact) mass is 294 g/mol. The van der Waals surface area contributed by atoms with Crippen LogP contribution in [0.3, 0.4) is 0 Å². The molecule has 0 aliphatic carbocycles. The molecule has 1 aliphatic heterocycles. The van der Waals surface area contributed by atoms with Crippen molar-refractivity contribution in [3.63, 3.8) is 0 Å². The third-order valence-corrected chi connectivity index (χ3v) is 3.60. The number of hydrogen-bond acceptors (Lipinski definition) is 4. The first-order chi connectivity index (χ1) is 7.49. The zero-order valence-electron chi connectivity index (χ0n) is 9.56. The van der Waals surface area contributed by atoms with E-state index in [-0.39, 0.29) is 0 Å². The van der Waals surface area contributed by atoms with Crippen molar-refractivity contribution in [1.29, 1.82) is 0 Å². The van der Waals surface area contributed by atoms with Gasteiger partial charge in [-0.3, -0.25) is 0 Å². The van der Waals surface area contributed by atoms with Crippen LogP contribution < -0.4 is 4.90 Å². The maximum Gasteiger partial charge on any atom is 0.241 e. The van der Waals surface area contributed by atoms with Crippen LogP contribution in [-0.2, 0) is 20.8 Å². The number of halogens is 2. The van der Waals surface area contributed by atoms with Crippen molar-refractivity contribution in [2.24, 2.45) is 5.92 Å². The summed E-state index contributed by atoms with van der Waals surface area (Å²) in [7, 11) is -8.95. The van der Waals surface area contributed by atoms with Gasteiger partial charge in [0.25, 0.3) is 0 Å². The number of nitrogens with one attached hydrogen (secondary N) is 1. The van der Waals surface area contributed by atoms with Crippen LogP contribution in [0.25, 0.3) is 4.13 Å². The Balaban J connectivity index is 0.000000302. The predicted molar refractivity (Wildman–Crippen MR) is 58.4 cm³/mol. The van der Waals surface area contributed by atoms with Gasteiger partial charge in [0.2, 0.25) is 20.8 Å². The number of piperidine rings is 1. The molecule has 1 saturated heterocycles. The van der Waals surface area contributed by atoms with Crippen LogP contribution in [0.1, 0.15) is 19.8 Å². The molecule has 17 heavy (non-hydrogen) atoms. The largest absolute Gasteiger partial charge is 0.379 e. The molecular formula is C7H16F2N2O4S2. The third kappa shape index (κ3) is 11.9. The Morgan fingerprint density at radius 1 is 1.18 bits per heavy atom. The highest BCUT2D eigenvalue weighted by molar-refractivity contribution is 8.07. The summed E-state index contributed by atoms with van der Waals surface area (Å²) in [6.45, 7) is 5.13. The van der Waals surface area contributed by atoms with E-state index >= 15 is 0 Å². The van der Waals surface area contributed by atoms with Crippen molar-refractivity contribution >= 4 is 20.8 Å². The summed E-state index contributed by atoms with van der Waals surface area (Å²) >= 11 is 0. The van der Waals surface area contributed by atoms with Crippen molar-refractivity contribution in [3.8, 4) is 0 Å². The van der Waals surface area contributed by atoms with E-state index in [2.05, 4.69) is 14.0 Å². The summed E-state index contributed by atoms with van der Waals surface area (Å²) in [5, 5.41) is 0. The fraction of sp³-hybridized carbons (Fsp3) is 1.00. The van der Waals surface area contributed by atoms with Gasteiger partial charge in [-0.2, -0.15) is 0 Å². The summed E-state index contributed by atoms with van der Waals surface area (Å²) < 4.78 is 60.1. The quantitative estimate of drug-likeness (QED) is 0.710. The van der Waals surface area contributed by atoms with Gasteiger partial charge in [-0.05, 0) is 12.8 Å². The maximum atomic E-state index is 11.1. The van der Waals surface area contributed by atoms with Crippen LogP contribution >= 0.6 is 0 Å². The summed E-state index contributed by atoms with van der Waals surface area (Å²) in [5.41, 5.74) is 0. The lowest BCUT2D eigenvalue weighted by Crippen LogP contribution is -3.10. The topological polar surface area (TPSA) is 86.8 Å². The smallest absolute Gasteiger partial charge is 0.241 e. The summed E-state index contributed by atoms with van der Waals surface area (Å²) in [6, 6.07) is 0. The van der Waals surface area contributed by atoms with Gasteiger partial charge in [0.15, 0.2) is 0 Å². The second-order valence-corrected chi connectivity index (χ2v) is 6.30. The van der Waals surface area contributed by atoms with E-state index in [1.54, 1.807) is 4.90 Å². The van der Waals surface area contributed by atoms with Crippen molar-refractivity contribution in [2.75, 3.05) is 20.1 Å². The lowest BCUT2D eigenvalue weighted by atomic mass is 10.0. The number of nitrogens with zero attached hydrogens (tertiary/aromatic N) is 1. The molecule has 0 amide bonds. The molecule has 0 bridgehead atoms. The molecule has 1 heterocycles.